The third-order valence-electron chi connectivity index (χ3n) is 2.56. The number of hydrogen-bond donors (Lipinski definition) is 1. The van der Waals surface area contributed by atoms with Gasteiger partial charge in [-0.25, -0.2) is 0 Å². The average Bonchev–Trinajstić information content (AvgIpc) is 2.67. The van der Waals surface area contributed by atoms with E-state index in [1.807, 2.05) is 0 Å². The molecule has 1 aliphatic carbocycles. The van der Waals surface area contributed by atoms with Crippen molar-refractivity contribution < 1.29 is 0 Å². The van der Waals surface area contributed by atoms with Crippen LogP contribution in [-0.4, -0.2) is 12.1 Å². The molecule has 1 nitrogen and oxygen atoms in total. The fraction of sp³-hybridized carbons (Fsp3) is 1.00. The minimum atomic E-state index is 0.771. The van der Waals surface area contributed by atoms with Gasteiger partial charge in [-0.3, -0.25) is 0 Å². The van der Waals surface area contributed by atoms with Gasteiger partial charge in [0.1, 0.15) is 0 Å². The molecule has 0 aromatic heterocycles. The molecule has 1 saturated carbocycles. The molecule has 0 aromatic carbocycles. The molecular weight excluding hydrogens is 158 g/mol. The first-order valence-electron chi connectivity index (χ1n) is 5.84. The Hall–Kier alpha value is -0.0400. The van der Waals surface area contributed by atoms with Gasteiger partial charge in [-0.15, -0.1) is 0 Å². The fourth-order valence-corrected chi connectivity index (χ4v) is 1.95. The number of nitrogens with one attached hydrogen (secondary N) is 1. The van der Waals surface area contributed by atoms with Crippen molar-refractivity contribution in [1.29, 1.82) is 0 Å². The van der Waals surface area contributed by atoms with E-state index >= 15 is 0 Å². The molecule has 1 N–H and O–H groups in total. The summed E-state index contributed by atoms with van der Waals surface area (Å²) < 4.78 is 0. The van der Waals surface area contributed by atoms with Crippen molar-refractivity contribution >= 4 is 0 Å². The predicted octanol–water partition coefficient (Wildman–Crippen LogP) is 3.20. The third kappa shape index (κ3) is 5.30. The van der Waals surface area contributed by atoms with Gasteiger partial charge in [0.15, 0.2) is 0 Å². The van der Waals surface area contributed by atoms with Crippen LogP contribution < -0.4 is 5.32 Å². The minimum Gasteiger partial charge on any atom is -0.311 e. The van der Waals surface area contributed by atoms with Gasteiger partial charge in [0.25, 0.3) is 0 Å². The van der Waals surface area contributed by atoms with Crippen LogP contribution in [0.15, 0.2) is 0 Å². The summed E-state index contributed by atoms with van der Waals surface area (Å²) in [5.74, 6) is 1.66. The fourth-order valence-electron chi connectivity index (χ4n) is 1.95. The Labute approximate surface area is 83.3 Å². The summed E-state index contributed by atoms with van der Waals surface area (Å²) in [4.78, 5) is 0. The van der Waals surface area contributed by atoms with Crippen molar-refractivity contribution in [3.05, 3.63) is 0 Å². The van der Waals surface area contributed by atoms with Crippen LogP contribution in [0, 0.1) is 11.8 Å². The molecule has 1 rings (SSSR count). The molecular formula is C12H25N. The molecule has 0 saturated heterocycles. The normalized spacial score (nSPS) is 17.8. The lowest BCUT2D eigenvalue weighted by Crippen LogP contribution is -2.33. The first-order valence-corrected chi connectivity index (χ1v) is 5.84. The summed E-state index contributed by atoms with van der Waals surface area (Å²) in [6.45, 7) is 9.29. The highest BCUT2D eigenvalue weighted by Gasteiger charge is 2.25. The van der Waals surface area contributed by atoms with Crippen molar-refractivity contribution in [2.75, 3.05) is 0 Å². The van der Waals surface area contributed by atoms with E-state index in [0.29, 0.717) is 0 Å². The Morgan fingerprint density at radius 3 is 1.77 bits per heavy atom. The highest BCUT2D eigenvalue weighted by Crippen LogP contribution is 2.23. The van der Waals surface area contributed by atoms with Gasteiger partial charge >= 0.3 is 0 Å². The molecule has 0 amide bonds. The predicted molar refractivity (Wildman–Crippen MR) is 58.9 cm³/mol. The Kier molecular flexibility index (Phi) is 4.24. The van der Waals surface area contributed by atoms with Gasteiger partial charge in [-0.05, 0) is 37.5 Å². The first-order chi connectivity index (χ1) is 6.08. The Morgan fingerprint density at radius 2 is 1.46 bits per heavy atom. The van der Waals surface area contributed by atoms with E-state index in [1.54, 1.807) is 0 Å². The molecule has 78 valence electrons. The van der Waals surface area contributed by atoms with Gasteiger partial charge in [-0.1, -0.05) is 27.7 Å². The molecule has 0 aromatic rings. The molecule has 1 heteroatoms. The molecule has 0 heterocycles. The molecule has 0 bridgehead atoms. The zero-order valence-electron chi connectivity index (χ0n) is 9.64. The second kappa shape index (κ2) is 4.99. The molecule has 0 aliphatic heterocycles. The summed E-state index contributed by atoms with van der Waals surface area (Å²) in [6, 6.07) is 1.63. The highest BCUT2D eigenvalue weighted by molar-refractivity contribution is 4.85. The molecule has 1 aliphatic rings. The van der Waals surface area contributed by atoms with E-state index in [0.717, 1.165) is 23.9 Å². The van der Waals surface area contributed by atoms with Crippen LogP contribution in [0.4, 0.5) is 0 Å². The van der Waals surface area contributed by atoms with Crippen molar-refractivity contribution in [3.8, 4) is 0 Å². The minimum absolute atomic E-state index is 0.771. The van der Waals surface area contributed by atoms with E-state index < -0.39 is 0 Å². The van der Waals surface area contributed by atoms with Crippen LogP contribution in [0.2, 0.25) is 0 Å². The van der Waals surface area contributed by atoms with Gasteiger partial charge < -0.3 is 5.32 Å². The Balaban J connectivity index is 2.23. The van der Waals surface area contributed by atoms with Crippen LogP contribution in [0.1, 0.15) is 53.4 Å². The maximum atomic E-state index is 3.75. The lowest BCUT2D eigenvalue weighted by atomic mass is 9.95. The SMILES string of the molecule is CC(C)CC(CC(C)C)NC1CC1. The first kappa shape index (κ1) is 11.0. The highest BCUT2D eigenvalue weighted by atomic mass is 15.0. The van der Waals surface area contributed by atoms with Crippen molar-refractivity contribution in [2.45, 2.75) is 65.5 Å². The van der Waals surface area contributed by atoms with E-state index in [1.165, 1.54) is 25.7 Å². The quantitative estimate of drug-likeness (QED) is 0.667. The number of hydrogen-bond acceptors (Lipinski definition) is 1. The standard InChI is InChI=1S/C12H25N/c1-9(2)7-12(8-10(3)4)13-11-5-6-11/h9-13H,5-8H2,1-4H3. The van der Waals surface area contributed by atoms with Crippen LogP contribution in [0.25, 0.3) is 0 Å². The second-order valence-electron chi connectivity index (χ2n) is 5.40. The van der Waals surface area contributed by atoms with Crippen LogP contribution in [0.3, 0.4) is 0 Å². The van der Waals surface area contributed by atoms with Gasteiger partial charge in [0.05, 0.1) is 0 Å². The molecule has 0 spiro atoms. The maximum absolute atomic E-state index is 3.75. The summed E-state index contributed by atoms with van der Waals surface area (Å²) >= 11 is 0. The monoisotopic (exact) mass is 183 g/mol. The molecule has 13 heavy (non-hydrogen) atoms. The van der Waals surface area contributed by atoms with Crippen LogP contribution in [0.5, 0.6) is 0 Å². The Morgan fingerprint density at radius 1 is 1.00 bits per heavy atom. The van der Waals surface area contributed by atoms with E-state index in [9.17, 15) is 0 Å². The Bertz CT molecular complexity index is 121. The van der Waals surface area contributed by atoms with Crippen molar-refractivity contribution in [1.82, 2.24) is 5.32 Å². The van der Waals surface area contributed by atoms with Gasteiger partial charge in [0.2, 0.25) is 0 Å². The van der Waals surface area contributed by atoms with Gasteiger partial charge in [-0.2, -0.15) is 0 Å². The average molecular weight is 183 g/mol. The molecule has 1 fully saturated rings. The molecule has 0 unspecified atom stereocenters. The summed E-state index contributed by atoms with van der Waals surface area (Å²) in [5, 5.41) is 3.75. The van der Waals surface area contributed by atoms with Crippen LogP contribution >= 0.6 is 0 Å². The van der Waals surface area contributed by atoms with Crippen molar-refractivity contribution in [3.63, 3.8) is 0 Å². The van der Waals surface area contributed by atoms with E-state index in [4.69, 9.17) is 0 Å². The molecule has 0 radical (unpaired) electrons. The zero-order chi connectivity index (χ0) is 9.84. The molecule has 0 atom stereocenters. The second-order valence-corrected chi connectivity index (χ2v) is 5.40. The van der Waals surface area contributed by atoms with E-state index in [2.05, 4.69) is 33.0 Å². The maximum Gasteiger partial charge on any atom is 0.00745 e. The van der Waals surface area contributed by atoms with Crippen molar-refractivity contribution in [2.24, 2.45) is 11.8 Å². The lowest BCUT2D eigenvalue weighted by molar-refractivity contribution is 0.357. The zero-order valence-corrected chi connectivity index (χ0v) is 9.64. The largest absolute Gasteiger partial charge is 0.311 e. The van der Waals surface area contributed by atoms with E-state index in [-0.39, 0.29) is 0 Å². The van der Waals surface area contributed by atoms with Gasteiger partial charge in [0, 0.05) is 12.1 Å². The summed E-state index contributed by atoms with van der Waals surface area (Å²) in [7, 11) is 0. The third-order valence-corrected chi connectivity index (χ3v) is 2.56. The number of rotatable bonds is 6. The smallest absolute Gasteiger partial charge is 0.00745 e. The van der Waals surface area contributed by atoms with Crippen LogP contribution in [-0.2, 0) is 0 Å². The summed E-state index contributed by atoms with van der Waals surface area (Å²) in [6.07, 6.45) is 5.50. The summed E-state index contributed by atoms with van der Waals surface area (Å²) in [5.41, 5.74) is 0. The topological polar surface area (TPSA) is 12.0 Å². The lowest BCUT2D eigenvalue weighted by Gasteiger charge is -2.22.